The Labute approximate surface area is 157 Å². The van der Waals surface area contributed by atoms with E-state index in [4.69, 9.17) is 23.9 Å². The summed E-state index contributed by atoms with van der Waals surface area (Å²) in [6.07, 6.45) is -19.5. The third-order valence-electron chi connectivity index (χ3n) is 4.14. The minimum Gasteiger partial charge on any atom is -0.479 e. The Bertz CT molecular complexity index is 653. The van der Waals surface area contributed by atoms with E-state index < -0.39 is 84.4 Å². The molecule has 0 bridgehead atoms. The van der Waals surface area contributed by atoms with E-state index in [0.717, 1.165) is 0 Å². The van der Waals surface area contributed by atoms with Gasteiger partial charge in [0.25, 0.3) is 0 Å². The molecule has 2 rings (SSSR count). The second-order valence-electron chi connectivity index (χ2n) is 6.09. The van der Waals surface area contributed by atoms with Crippen LogP contribution in [-0.2, 0) is 33.6 Å². The molecule has 0 spiro atoms. The zero-order valence-electron chi connectivity index (χ0n) is 13.8. The van der Waals surface area contributed by atoms with Crippen LogP contribution < -0.4 is 0 Å². The standard InChI is InChI=1S/C12H20O15S/c13-3-4(14)9(10(18)19)27-12(7(3)17)26-8-2(1-24-28(21,22)23)25-11(20)6(16)5(8)15/h2-9,11-17,20H,1H2,(H,18,19)(H,21,22,23)/t2-,3+,4+,5-,6-,7-,8+,9+,11-,12-/m1/s1. The number of aliphatic carboxylic acids is 1. The second-order valence-corrected chi connectivity index (χ2v) is 7.19. The number of ether oxygens (including phenoxy) is 3. The van der Waals surface area contributed by atoms with Gasteiger partial charge in [-0.15, -0.1) is 0 Å². The maximum absolute atomic E-state index is 11.1. The number of aliphatic hydroxyl groups is 6. The Morgan fingerprint density at radius 1 is 0.893 bits per heavy atom. The lowest BCUT2D eigenvalue weighted by Crippen LogP contribution is -2.65. The molecule has 164 valence electrons. The van der Waals surface area contributed by atoms with Crippen molar-refractivity contribution in [3.63, 3.8) is 0 Å². The maximum Gasteiger partial charge on any atom is 0.397 e. The molecule has 2 fully saturated rings. The lowest BCUT2D eigenvalue weighted by atomic mass is 9.97. The summed E-state index contributed by atoms with van der Waals surface area (Å²) >= 11 is 0. The normalized spacial score (nSPS) is 45.0. The van der Waals surface area contributed by atoms with Gasteiger partial charge in [-0.05, 0) is 0 Å². The van der Waals surface area contributed by atoms with Gasteiger partial charge in [-0.1, -0.05) is 0 Å². The van der Waals surface area contributed by atoms with Gasteiger partial charge in [-0.2, -0.15) is 8.42 Å². The van der Waals surface area contributed by atoms with E-state index >= 15 is 0 Å². The number of hydrogen-bond acceptors (Lipinski definition) is 13. The molecule has 2 heterocycles. The highest BCUT2D eigenvalue weighted by molar-refractivity contribution is 7.80. The van der Waals surface area contributed by atoms with E-state index in [1.807, 2.05) is 0 Å². The van der Waals surface area contributed by atoms with Crippen molar-refractivity contribution in [2.24, 2.45) is 0 Å². The molecule has 0 aromatic rings. The van der Waals surface area contributed by atoms with Crippen LogP contribution >= 0.6 is 0 Å². The SMILES string of the molecule is O=C(O)[C@H]1O[C@@H](O[C@@H]2[C@H](O)[C@@H](O)[C@H](O)O[C@@H]2COS(=O)(=O)O)[C@H](O)[C@@H](O)[C@@H]1O. The van der Waals surface area contributed by atoms with E-state index in [-0.39, 0.29) is 0 Å². The topological polar surface area (TPSA) is 250 Å². The van der Waals surface area contributed by atoms with Gasteiger partial charge >= 0.3 is 16.4 Å². The molecule has 0 amide bonds. The van der Waals surface area contributed by atoms with E-state index in [1.165, 1.54) is 0 Å². The zero-order valence-corrected chi connectivity index (χ0v) is 14.6. The predicted octanol–water partition coefficient (Wildman–Crippen LogP) is -5.48. The van der Waals surface area contributed by atoms with Crippen LogP contribution in [0.4, 0.5) is 0 Å². The van der Waals surface area contributed by atoms with Crippen molar-refractivity contribution in [3.8, 4) is 0 Å². The Hall–Kier alpha value is -1.02. The highest BCUT2D eigenvalue weighted by Gasteiger charge is 2.52. The number of carboxylic acid groups (broad SMARTS) is 1. The average Bonchev–Trinajstić information content (AvgIpc) is 2.59. The Kier molecular flexibility index (Phi) is 7.29. The molecular weight excluding hydrogens is 416 g/mol. The van der Waals surface area contributed by atoms with Crippen molar-refractivity contribution in [1.29, 1.82) is 0 Å². The van der Waals surface area contributed by atoms with Crippen LogP contribution in [-0.4, -0.2) is 123 Å². The van der Waals surface area contributed by atoms with Crippen LogP contribution in [0.15, 0.2) is 0 Å². The zero-order chi connectivity index (χ0) is 21.4. The molecule has 15 nitrogen and oxygen atoms in total. The largest absolute Gasteiger partial charge is 0.479 e. The molecule has 28 heavy (non-hydrogen) atoms. The fourth-order valence-electron chi connectivity index (χ4n) is 2.69. The van der Waals surface area contributed by atoms with Gasteiger partial charge < -0.3 is 50.0 Å². The lowest BCUT2D eigenvalue weighted by Gasteiger charge is -2.44. The van der Waals surface area contributed by atoms with Crippen molar-refractivity contribution in [1.82, 2.24) is 0 Å². The first-order valence-corrected chi connectivity index (χ1v) is 9.09. The second kappa shape index (κ2) is 8.78. The van der Waals surface area contributed by atoms with Crippen molar-refractivity contribution >= 4 is 16.4 Å². The third-order valence-corrected chi connectivity index (χ3v) is 4.58. The molecule has 0 aromatic carbocycles. The first kappa shape index (κ1) is 23.3. The predicted molar refractivity (Wildman–Crippen MR) is 79.6 cm³/mol. The number of hydrogen-bond donors (Lipinski definition) is 8. The molecule has 0 saturated carbocycles. The highest BCUT2D eigenvalue weighted by atomic mass is 32.3. The number of carbonyl (C=O) groups is 1. The van der Waals surface area contributed by atoms with E-state index in [0.29, 0.717) is 0 Å². The van der Waals surface area contributed by atoms with Gasteiger partial charge in [0.05, 0.1) is 6.61 Å². The van der Waals surface area contributed by atoms with Gasteiger partial charge in [0.1, 0.15) is 42.7 Å². The average molecular weight is 436 g/mol. The first-order chi connectivity index (χ1) is 12.8. The minimum atomic E-state index is -4.97. The Balaban J connectivity index is 2.21. The van der Waals surface area contributed by atoms with E-state index in [1.54, 1.807) is 0 Å². The summed E-state index contributed by atoms with van der Waals surface area (Å²) < 4.78 is 49.0. The summed E-state index contributed by atoms with van der Waals surface area (Å²) in [4.78, 5) is 11.1. The molecular formula is C12H20O15S. The fourth-order valence-corrected chi connectivity index (χ4v) is 3.00. The van der Waals surface area contributed by atoms with Crippen LogP contribution in [0.25, 0.3) is 0 Å². The summed E-state index contributed by atoms with van der Waals surface area (Å²) in [5.41, 5.74) is 0. The minimum absolute atomic E-state index is 1.03. The van der Waals surface area contributed by atoms with Crippen LogP contribution in [0.3, 0.4) is 0 Å². The number of carboxylic acids is 1. The summed E-state index contributed by atoms with van der Waals surface area (Å²) in [5.74, 6) is -1.71. The van der Waals surface area contributed by atoms with E-state index in [2.05, 4.69) is 4.18 Å². The van der Waals surface area contributed by atoms with E-state index in [9.17, 15) is 43.9 Å². The molecule has 0 aromatic heterocycles. The molecule has 0 unspecified atom stereocenters. The van der Waals surface area contributed by atoms with Gasteiger partial charge in [0.15, 0.2) is 18.7 Å². The summed E-state index contributed by atoms with van der Waals surface area (Å²) in [6.45, 7) is -1.03. The van der Waals surface area contributed by atoms with Crippen molar-refractivity contribution in [2.45, 2.75) is 61.4 Å². The monoisotopic (exact) mass is 436 g/mol. The van der Waals surface area contributed by atoms with Crippen LogP contribution in [0, 0.1) is 0 Å². The molecule has 0 radical (unpaired) electrons. The van der Waals surface area contributed by atoms with Crippen LogP contribution in [0.1, 0.15) is 0 Å². The highest BCUT2D eigenvalue weighted by Crippen LogP contribution is 2.29. The fraction of sp³-hybridized carbons (Fsp3) is 0.917. The van der Waals surface area contributed by atoms with Crippen molar-refractivity contribution in [2.75, 3.05) is 6.61 Å². The van der Waals surface area contributed by atoms with Gasteiger partial charge in [0.2, 0.25) is 0 Å². The quantitative estimate of drug-likeness (QED) is 0.181. The number of aliphatic hydroxyl groups excluding tert-OH is 6. The molecule has 2 aliphatic rings. The smallest absolute Gasteiger partial charge is 0.397 e. The Morgan fingerprint density at radius 2 is 1.50 bits per heavy atom. The maximum atomic E-state index is 11.1. The van der Waals surface area contributed by atoms with Crippen LogP contribution in [0.2, 0.25) is 0 Å². The number of rotatable bonds is 6. The van der Waals surface area contributed by atoms with Crippen molar-refractivity contribution < 1.29 is 71.9 Å². The molecule has 2 saturated heterocycles. The lowest BCUT2D eigenvalue weighted by molar-refractivity contribution is -0.350. The van der Waals surface area contributed by atoms with Gasteiger partial charge in [-0.3, -0.25) is 4.55 Å². The van der Waals surface area contributed by atoms with Gasteiger partial charge in [-0.25, -0.2) is 8.98 Å². The van der Waals surface area contributed by atoms with Crippen molar-refractivity contribution in [3.05, 3.63) is 0 Å². The summed E-state index contributed by atoms with van der Waals surface area (Å²) in [5, 5.41) is 67.6. The molecule has 2 aliphatic heterocycles. The first-order valence-electron chi connectivity index (χ1n) is 7.73. The molecule has 16 heteroatoms. The Morgan fingerprint density at radius 3 is 2.04 bits per heavy atom. The van der Waals surface area contributed by atoms with Gasteiger partial charge in [0, 0.05) is 0 Å². The summed E-state index contributed by atoms with van der Waals surface area (Å²) in [7, 11) is -4.97. The third kappa shape index (κ3) is 5.12. The molecule has 10 atom stereocenters. The molecule has 8 N–H and O–H groups in total. The molecule has 0 aliphatic carbocycles. The summed E-state index contributed by atoms with van der Waals surface area (Å²) in [6, 6.07) is 0. The van der Waals surface area contributed by atoms with Crippen LogP contribution in [0.5, 0.6) is 0 Å².